The van der Waals surface area contributed by atoms with E-state index < -0.39 is 10.0 Å². The fraction of sp³-hybridized carbons (Fsp3) is 0.867. The van der Waals surface area contributed by atoms with Crippen molar-refractivity contribution in [3.63, 3.8) is 0 Å². The quantitative estimate of drug-likeness (QED) is 0.644. The second-order valence-corrected chi connectivity index (χ2v) is 9.15. The number of amides is 1. The zero-order valence-corrected chi connectivity index (χ0v) is 16.0. The van der Waals surface area contributed by atoms with Gasteiger partial charge in [-0.15, -0.1) is 5.10 Å². The summed E-state index contributed by atoms with van der Waals surface area (Å²) in [5, 5.41) is 14.5. The summed E-state index contributed by atoms with van der Waals surface area (Å²) >= 11 is 0. The minimum absolute atomic E-state index is 0.0820. The molecule has 1 amide bonds. The fourth-order valence-electron chi connectivity index (χ4n) is 3.54. The van der Waals surface area contributed by atoms with Crippen LogP contribution in [-0.2, 0) is 27.9 Å². The Morgan fingerprint density at radius 1 is 1.23 bits per heavy atom. The molecule has 0 saturated carbocycles. The standard InChI is InChI=1S/C15H27N7O3S/c1-26(24,25)21-8-4-5-13(10-21)9-16-15(23)12-22-14(17-18-19-22)11-20-6-2-3-7-20/h13H,2-12H2,1H3,(H,16,23). The first-order valence-corrected chi connectivity index (χ1v) is 11.0. The molecule has 11 heteroatoms. The minimum Gasteiger partial charge on any atom is -0.354 e. The molecule has 10 nitrogen and oxygen atoms in total. The van der Waals surface area contributed by atoms with Crippen LogP contribution in [0.25, 0.3) is 0 Å². The third-order valence-electron chi connectivity index (χ3n) is 5.00. The molecule has 1 aromatic heterocycles. The molecule has 1 atom stereocenters. The smallest absolute Gasteiger partial charge is 0.241 e. The molecular weight excluding hydrogens is 358 g/mol. The van der Waals surface area contributed by atoms with E-state index >= 15 is 0 Å². The summed E-state index contributed by atoms with van der Waals surface area (Å²) in [7, 11) is -3.17. The lowest BCUT2D eigenvalue weighted by Crippen LogP contribution is -2.43. The Morgan fingerprint density at radius 3 is 2.73 bits per heavy atom. The van der Waals surface area contributed by atoms with Crippen molar-refractivity contribution in [3.8, 4) is 0 Å². The van der Waals surface area contributed by atoms with E-state index in [-0.39, 0.29) is 18.4 Å². The van der Waals surface area contributed by atoms with Crippen molar-refractivity contribution in [3.05, 3.63) is 5.82 Å². The number of likely N-dealkylation sites (tertiary alicyclic amines) is 1. The topological polar surface area (TPSA) is 113 Å². The molecule has 3 rings (SSSR count). The van der Waals surface area contributed by atoms with Crippen LogP contribution < -0.4 is 5.32 Å². The van der Waals surface area contributed by atoms with Crippen molar-refractivity contribution in [2.45, 2.75) is 38.8 Å². The van der Waals surface area contributed by atoms with Crippen LogP contribution in [0.15, 0.2) is 0 Å². The van der Waals surface area contributed by atoms with E-state index in [1.54, 1.807) is 0 Å². The Morgan fingerprint density at radius 2 is 2.00 bits per heavy atom. The lowest BCUT2D eigenvalue weighted by molar-refractivity contribution is -0.122. The van der Waals surface area contributed by atoms with Crippen molar-refractivity contribution >= 4 is 15.9 Å². The van der Waals surface area contributed by atoms with Crippen LogP contribution in [0.1, 0.15) is 31.5 Å². The highest BCUT2D eigenvalue weighted by atomic mass is 32.2. The van der Waals surface area contributed by atoms with Gasteiger partial charge in [0.2, 0.25) is 15.9 Å². The molecule has 0 spiro atoms. The van der Waals surface area contributed by atoms with E-state index in [2.05, 4.69) is 25.7 Å². The molecule has 0 aliphatic carbocycles. The molecule has 1 aromatic rings. The largest absolute Gasteiger partial charge is 0.354 e. The van der Waals surface area contributed by atoms with Gasteiger partial charge in [0.1, 0.15) is 6.54 Å². The number of carbonyl (C=O) groups excluding carboxylic acids is 1. The van der Waals surface area contributed by atoms with Crippen LogP contribution in [0.2, 0.25) is 0 Å². The van der Waals surface area contributed by atoms with Crippen molar-refractivity contribution < 1.29 is 13.2 Å². The molecule has 0 radical (unpaired) electrons. The fourth-order valence-corrected chi connectivity index (χ4v) is 4.49. The summed E-state index contributed by atoms with van der Waals surface area (Å²) in [5.74, 6) is 0.680. The van der Waals surface area contributed by atoms with Crippen molar-refractivity contribution in [2.24, 2.45) is 5.92 Å². The maximum absolute atomic E-state index is 12.2. The number of aromatic nitrogens is 4. The second kappa shape index (κ2) is 8.40. The van der Waals surface area contributed by atoms with Gasteiger partial charge in [-0.05, 0) is 55.1 Å². The molecule has 2 saturated heterocycles. The number of sulfonamides is 1. The molecule has 3 heterocycles. The summed E-state index contributed by atoms with van der Waals surface area (Å²) in [4.78, 5) is 14.5. The summed E-state index contributed by atoms with van der Waals surface area (Å²) in [6.45, 7) is 4.31. The number of nitrogens with one attached hydrogen (secondary N) is 1. The van der Waals surface area contributed by atoms with E-state index in [9.17, 15) is 13.2 Å². The van der Waals surface area contributed by atoms with E-state index in [4.69, 9.17) is 0 Å². The maximum Gasteiger partial charge on any atom is 0.241 e. The first kappa shape index (κ1) is 19.2. The van der Waals surface area contributed by atoms with Crippen LogP contribution >= 0.6 is 0 Å². The maximum atomic E-state index is 12.2. The third-order valence-corrected chi connectivity index (χ3v) is 6.27. The first-order valence-electron chi connectivity index (χ1n) is 9.11. The van der Waals surface area contributed by atoms with Gasteiger partial charge in [-0.3, -0.25) is 9.69 Å². The summed E-state index contributed by atoms with van der Waals surface area (Å²) in [6, 6.07) is 0. The number of hydrogen-bond acceptors (Lipinski definition) is 7. The van der Waals surface area contributed by atoms with Crippen molar-refractivity contribution in [2.75, 3.05) is 39.0 Å². The molecule has 0 bridgehead atoms. The van der Waals surface area contributed by atoms with Gasteiger partial charge >= 0.3 is 0 Å². The van der Waals surface area contributed by atoms with Gasteiger partial charge in [0, 0.05) is 19.6 Å². The molecule has 1 unspecified atom stereocenters. The van der Waals surface area contributed by atoms with E-state index in [0.717, 1.165) is 25.9 Å². The predicted octanol–water partition coefficient (Wildman–Crippen LogP) is -0.943. The Balaban J connectivity index is 1.46. The van der Waals surface area contributed by atoms with E-state index in [1.165, 1.54) is 28.1 Å². The van der Waals surface area contributed by atoms with Gasteiger partial charge in [0.15, 0.2) is 5.82 Å². The van der Waals surface area contributed by atoms with Gasteiger partial charge < -0.3 is 5.32 Å². The minimum atomic E-state index is -3.17. The predicted molar refractivity (Wildman–Crippen MR) is 94.5 cm³/mol. The highest BCUT2D eigenvalue weighted by Gasteiger charge is 2.26. The number of carbonyl (C=O) groups is 1. The average Bonchev–Trinajstić information content (AvgIpc) is 3.26. The average molecular weight is 385 g/mol. The normalized spacial score (nSPS) is 22.6. The number of tetrazole rings is 1. The Kier molecular flexibility index (Phi) is 6.20. The Labute approximate surface area is 154 Å². The van der Waals surface area contributed by atoms with Crippen LogP contribution in [-0.4, -0.2) is 82.7 Å². The van der Waals surface area contributed by atoms with Gasteiger partial charge in [-0.2, -0.15) is 0 Å². The van der Waals surface area contributed by atoms with Crippen molar-refractivity contribution in [1.82, 2.24) is 34.7 Å². The van der Waals surface area contributed by atoms with Crippen LogP contribution in [0, 0.1) is 5.92 Å². The molecule has 0 aromatic carbocycles. The Bertz CT molecular complexity index is 715. The van der Waals surface area contributed by atoms with Gasteiger partial charge in [0.05, 0.1) is 12.8 Å². The monoisotopic (exact) mass is 385 g/mol. The summed E-state index contributed by atoms with van der Waals surface area (Å²) < 4.78 is 26.4. The van der Waals surface area contributed by atoms with Gasteiger partial charge in [0.25, 0.3) is 0 Å². The molecule has 2 aliphatic rings. The van der Waals surface area contributed by atoms with E-state index in [0.29, 0.717) is 32.0 Å². The van der Waals surface area contributed by atoms with Crippen LogP contribution in [0.4, 0.5) is 0 Å². The van der Waals surface area contributed by atoms with Crippen molar-refractivity contribution in [1.29, 1.82) is 0 Å². The van der Waals surface area contributed by atoms with Crippen LogP contribution in [0.3, 0.4) is 0 Å². The number of piperidine rings is 1. The number of hydrogen-bond donors (Lipinski definition) is 1. The third kappa shape index (κ3) is 5.21. The Hall–Kier alpha value is -1.59. The van der Waals surface area contributed by atoms with E-state index in [1.807, 2.05) is 0 Å². The lowest BCUT2D eigenvalue weighted by Gasteiger charge is -2.30. The lowest BCUT2D eigenvalue weighted by atomic mass is 10.00. The summed E-state index contributed by atoms with van der Waals surface area (Å²) in [5.41, 5.74) is 0. The van der Waals surface area contributed by atoms with Gasteiger partial charge in [-0.1, -0.05) is 0 Å². The first-order chi connectivity index (χ1) is 12.4. The highest BCUT2D eigenvalue weighted by molar-refractivity contribution is 7.88. The second-order valence-electron chi connectivity index (χ2n) is 7.17. The molecule has 2 aliphatic heterocycles. The van der Waals surface area contributed by atoms with Crippen LogP contribution in [0.5, 0.6) is 0 Å². The van der Waals surface area contributed by atoms with Gasteiger partial charge in [-0.25, -0.2) is 17.4 Å². The summed E-state index contributed by atoms with van der Waals surface area (Å²) in [6.07, 6.45) is 5.34. The zero-order valence-electron chi connectivity index (χ0n) is 15.2. The molecule has 1 N–H and O–H groups in total. The number of rotatable bonds is 7. The zero-order chi connectivity index (χ0) is 18.6. The molecule has 146 valence electrons. The number of nitrogens with zero attached hydrogens (tertiary/aromatic N) is 6. The molecular formula is C15H27N7O3S. The molecule has 2 fully saturated rings. The highest BCUT2D eigenvalue weighted by Crippen LogP contribution is 2.18. The molecule has 26 heavy (non-hydrogen) atoms. The SMILES string of the molecule is CS(=O)(=O)N1CCCC(CNC(=O)Cn2nnnc2CN2CCCC2)C1.